The quantitative estimate of drug-likeness (QED) is 0.178. The maximum atomic E-state index is 10.7. The predicted molar refractivity (Wildman–Crippen MR) is 154 cm³/mol. The Morgan fingerprint density at radius 1 is 0.650 bits per heavy atom. The number of rotatable bonds is 6. The number of halogens is 3. The normalized spacial score (nSPS) is 12.4. The molecule has 0 radical (unpaired) electrons. The van der Waals surface area contributed by atoms with Crippen LogP contribution < -0.4 is 14.4 Å². The maximum Gasteiger partial charge on any atom is 0.522 e. The average molecular weight is 601 g/mol. The van der Waals surface area contributed by atoms with E-state index in [1.54, 1.807) is 0 Å². The number of benzene rings is 3. The van der Waals surface area contributed by atoms with Crippen molar-refractivity contribution in [2.75, 3.05) is 19.0 Å². The van der Waals surface area contributed by atoms with Gasteiger partial charge in [0.05, 0.1) is 10.9 Å². The molecule has 0 bridgehead atoms. The van der Waals surface area contributed by atoms with Crippen LogP contribution in [-0.4, -0.2) is 43.8 Å². The Labute approximate surface area is 238 Å². The highest BCUT2D eigenvalue weighted by atomic mass is 32.2. The monoisotopic (exact) mass is 600 g/mol. The van der Waals surface area contributed by atoms with E-state index in [0.29, 0.717) is 0 Å². The molecule has 3 aromatic carbocycles. The second-order valence-corrected chi connectivity index (χ2v) is 14.4. The highest BCUT2D eigenvalue weighted by Crippen LogP contribution is 2.34. The smallest absolute Gasteiger partial charge is 0.488 e. The van der Waals surface area contributed by atoms with Gasteiger partial charge in [-0.05, 0) is 114 Å². The molecule has 3 aromatic rings. The third kappa shape index (κ3) is 10.6. The van der Waals surface area contributed by atoms with Gasteiger partial charge in [-0.15, -0.1) is 0 Å². The highest BCUT2D eigenvalue weighted by molar-refractivity contribution is 7.97. The van der Waals surface area contributed by atoms with Crippen molar-refractivity contribution in [1.29, 1.82) is 0 Å². The van der Waals surface area contributed by atoms with E-state index in [1.807, 2.05) is 0 Å². The third-order valence-electron chi connectivity index (χ3n) is 4.85. The molecule has 220 valence electrons. The maximum absolute atomic E-state index is 10.7. The van der Waals surface area contributed by atoms with E-state index in [2.05, 4.69) is 133 Å². The number of ether oxygens (including phenoxy) is 2. The van der Waals surface area contributed by atoms with Gasteiger partial charge in [0.2, 0.25) is 0 Å². The van der Waals surface area contributed by atoms with Gasteiger partial charge in [0, 0.05) is 19.8 Å². The van der Waals surface area contributed by atoms with Crippen LogP contribution in [0.1, 0.15) is 41.5 Å². The molecule has 0 spiro atoms. The zero-order valence-electron chi connectivity index (χ0n) is 23.9. The molecular formula is C29H37F3NO5S2+. The molecule has 6 nitrogen and oxygen atoms in total. The van der Waals surface area contributed by atoms with Crippen LogP contribution in [0, 0.1) is 0 Å². The van der Waals surface area contributed by atoms with Gasteiger partial charge in [-0.2, -0.15) is 21.6 Å². The molecule has 0 atom stereocenters. The number of alkyl halides is 3. The predicted octanol–water partition coefficient (Wildman–Crippen LogP) is 7.60. The minimum Gasteiger partial charge on any atom is -0.488 e. The molecule has 0 aromatic heterocycles. The molecule has 0 amide bonds. The van der Waals surface area contributed by atoms with Crippen LogP contribution in [0.25, 0.3) is 0 Å². The Balaban J connectivity index is 0.000000611. The van der Waals surface area contributed by atoms with Crippen LogP contribution in [0.3, 0.4) is 0 Å². The number of hydrogen-bond donors (Lipinski definition) is 1. The second kappa shape index (κ2) is 12.7. The minimum atomic E-state index is -5.84. The van der Waals surface area contributed by atoms with Crippen LogP contribution >= 0.6 is 0 Å². The van der Waals surface area contributed by atoms with Crippen molar-refractivity contribution in [2.24, 2.45) is 0 Å². The van der Waals surface area contributed by atoms with E-state index in [0.717, 1.165) is 11.5 Å². The Kier molecular flexibility index (Phi) is 10.6. The number of hydrogen-bond acceptors (Lipinski definition) is 5. The molecule has 0 aliphatic heterocycles. The molecule has 0 aliphatic rings. The summed E-state index contributed by atoms with van der Waals surface area (Å²) < 4.78 is 69.6. The molecule has 0 heterocycles. The zero-order chi connectivity index (χ0) is 30.5. The van der Waals surface area contributed by atoms with Crippen molar-refractivity contribution >= 4 is 26.7 Å². The fourth-order valence-corrected chi connectivity index (χ4v) is 5.32. The Hall–Kier alpha value is -2.89. The number of nitrogens with zero attached hydrogens (tertiary/aromatic N) is 1. The Bertz CT molecular complexity index is 1270. The van der Waals surface area contributed by atoms with Gasteiger partial charge in [-0.3, -0.25) is 4.55 Å². The molecule has 0 fully saturated rings. The van der Waals surface area contributed by atoms with Crippen LogP contribution in [-0.2, 0) is 21.0 Å². The molecule has 40 heavy (non-hydrogen) atoms. The van der Waals surface area contributed by atoms with Crippen molar-refractivity contribution in [3.05, 3.63) is 72.8 Å². The lowest BCUT2D eigenvalue weighted by atomic mass is 10.2. The van der Waals surface area contributed by atoms with E-state index in [-0.39, 0.29) is 22.1 Å². The summed E-state index contributed by atoms with van der Waals surface area (Å²) in [6, 6.07) is 25.9. The van der Waals surface area contributed by atoms with E-state index >= 15 is 0 Å². The van der Waals surface area contributed by atoms with Crippen LogP contribution in [0.4, 0.5) is 18.9 Å². The Morgan fingerprint density at radius 2 is 0.925 bits per heavy atom. The van der Waals surface area contributed by atoms with Gasteiger partial charge in [0.1, 0.15) is 22.7 Å². The first-order valence-electron chi connectivity index (χ1n) is 12.3. The molecule has 0 unspecified atom stereocenters. The largest absolute Gasteiger partial charge is 0.522 e. The zero-order valence-corrected chi connectivity index (χ0v) is 25.5. The van der Waals surface area contributed by atoms with Crippen LogP contribution in [0.15, 0.2) is 87.5 Å². The van der Waals surface area contributed by atoms with E-state index in [4.69, 9.17) is 22.4 Å². The first-order valence-corrected chi connectivity index (χ1v) is 15.0. The van der Waals surface area contributed by atoms with E-state index in [1.165, 1.54) is 20.4 Å². The molecular weight excluding hydrogens is 563 g/mol. The van der Waals surface area contributed by atoms with Gasteiger partial charge in [0.15, 0.2) is 14.7 Å². The van der Waals surface area contributed by atoms with Crippen molar-refractivity contribution in [3.8, 4) is 11.5 Å². The van der Waals surface area contributed by atoms with Gasteiger partial charge in [-0.25, -0.2) is 0 Å². The SMILES string of the molecule is CN(C)c1ccc([S+](c2ccc(OC(C)(C)C)cc2)c2ccc(OC(C)(C)C)cc2)cc1.O=S(=O)(O)C(F)(F)F. The molecule has 3 rings (SSSR count). The fourth-order valence-electron chi connectivity index (χ4n) is 3.28. The summed E-state index contributed by atoms with van der Waals surface area (Å²) >= 11 is 0. The Morgan fingerprint density at radius 3 is 1.15 bits per heavy atom. The highest BCUT2D eigenvalue weighted by Gasteiger charge is 2.44. The molecule has 1 N–H and O–H groups in total. The van der Waals surface area contributed by atoms with Crippen LogP contribution in [0.5, 0.6) is 11.5 Å². The average Bonchev–Trinajstić information content (AvgIpc) is 2.79. The third-order valence-corrected chi connectivity index (χ3v) is 7.66. The van der Waals surface area contributed by atoms with Gasteiger partial charge < -0.3 is 14.4 Å². The molecule has 0 aliphatic carbocycles. The van der Waals surface area contributed by atoms with Gasteiger partial charge >= 0.3 is 15.6 Å². The summed E-state index contributed by atoms with van der Waals surface area (Å²) in [6.45, 7) is 12.4. The van der Waals surface area contributed by atoms with Gasteiger partial charge in [0.25, 0.3) is 0 Å². The van der Waals surface area contributed by atoms with Gasteiger partial charge in [-0.1, -0.05) is 0 Å². The topological polar surface area (TPSA) is 76.1 Å². The standard InChI is InChI=1S/C28H36NO2S.CHF3O3S/c1-27(2,3)30-22-11-17-25(18-12-22)32(24-15-9-21(10-16-24)29(7)8)26-19-13-23(14-20-26)31-28(4,5)6;2-1(3,4)8(5,6)7/h9-20H,1-8H3;(H,5,6,7)/q+1;. The summed E-state index contributed by atoms with van der Waals surface area (Å²) in [5.41, 5.74) is -4.77. The van der Waals surface area contributed by atoms with E-state index < -0.39 is 15.6 Å². The lowest BCUT2D eigenvalue weighted by Crippen LogP contribution is -2.23. The number of anilines is 1. The summed E-state index contributed by atoms with van der Waals surface area (Å²) in [7, 11) is -1.94. The molecule has 0 saturated carbocycles. The lowest BCUT2D eigenvalue weighted by molar-refractivity contribution is -0.0510. The first kappa shape index (κ1) is 33.3. The van der Waals surface area contributed by atoms with E-state index in [9.17, 15) is 13.2 Å². The summed E-state index contributed by atoms with van der Waals surface area (Å²) in [5.74, 6) is 1.78. The van der Waals surface area contributed by atoms with Crippen molar-refractivity contribution in [1.82, 2.24) is 0 Å². The minimum absolute atomic E-state index is 0.214. The molecule has 0 saturated heterocycles. The molecule has 11 heteroatoms. The lowest BCUT2D eigenvalue weighted by Gasteiger charge is -2.21. The summed E-state index contributed by atoms with van der Waals surface area (Å²) in [6.07, 6.45) is 0. The summed E-state index contributed by atoms with van der Waals surface area (Å²) in [5, 5.41) is 0. The van der Waals surface area contributed by atoms with Crippen LogP contribution in [0.2, 0.25) is 0 Å². The second-order valence-electron chi connectivity index (χ2n) is 11.0. The van der Waals surface area contributed by atoms with Crippen molar-refractivity contribution in [2.45, 2.75) is 72.9 Å². The van der Waals surface area contributed by atoms with Crippen molar-refractivity contribution < 1.29 is 35.6 Å². The van der Waals surface area contributed by atoms with Crippen molar-refractivity contribution in [3.63, 3.8) is 0 Å². The fraction of sp³-hybridized carbons (Fsp3) is 0.379. The first-order chi connectivity index (χ1) is 18.2. The summed E-state index contributed by atoms with van der Waals surface area (Å²) in [4.78, 5) is 5.92.